The van der Waals surface area contributed by atoms with Gasteiger partial charge in [0.25, 0.3) is 10.1 Å². The van der Waals surface area contributed by atoms with Crippen molar-refractivity contribution in [2.45, 2.75) is 14.6 Å². The minimum Gasteiger partial charge on any atom is -0.398 e. The van der Waals surface area contributed by atoms with Gasteiger partial charge in [-0.15, -0.1) is 0 Å². The van der Waals surface area contributed by atoms with Gasteiger partial charge in [0, 0.05) is 5.69 Å². The van der Waals surface area contributed by atoms with Gasteiger partial charge in [-0.2, -0.15) is 8.42 Å². The van der Waals surface area contributed by atoms with E-state index < -0.39 is 41.3 Å². The van der Waals surface area contributed by atoms with Crippen molar-refractivity contribution >= 4 is 53.2 Å². The summed E-state index contributed by atoms with van der Waals surface area (Å²) in [5.41, 5.74) is 5.33. The number of nitrogen functional groups attached to an aromatic ring is 1. The van der Waals surface area contributed by atoms with E-state index in [2.05, 4.69) is 21.2 Å². The van der Waals surface area contributed by atoms with Crippen molar-refractivity contribution in [3.05, 3.63) is 48.5 Å². The Bertz CT molecular complexity index is 1020. The van der Waals surface area contributed by atoms with E-state index in [1.54, 1.807) is 18.2 Å². The second kappa shape index (κ2) is 7.74. The smallest absolute Gasteiger partial charge is 0.296 e. The number of anilines is 2. The van der Waals surface area contributed by atoms with E-state index in [4.69, 9.17) is 10.3 Å². The largest absolute Gasteiger partial charge is 0.398 e. The third-order valence-corrected chi connectivity index (χ3v) is 7.15. The molecule has 11 heteroatoms. The quantitative estimate of drug-likeness (QED) is 0.336. The lowest BCUT2D eigenvalue weighted by Crippen LogP contribution is -2.29. The number of halogens is 1. The minimum absolute atomic E-state index is 0.0402. The molecule has 0 spiro atoms. The highest BCUT2D eigenvalue weighted by Crippen LogP contribution is 2.23. The molecule has 8 nitrogen and oxygen atoms in total. The van der Waals surface area contributed by atoms with Crippen molar-refractivity contribution in [1.29, 1.82) is 0 Å². The third-order valence-electron chi connectivity index (χ3n) is 3.31. The van der Waals surface area contributed by atoms with Crippen molar-refractivity contribution in [2.75, 3.05) is 16.8 Å². The Kier molecular flexibility index (Phi) is 6.06. The number of benzene rings is 2. The average Bonchev–Trinajstić information content (AvgIpc) is 2.56. The van der Waals surface area contributed by atoms with Gasteiger partial charge in [-0.05, 0) is 30.3 Å². The van der Waals surface area contributed by atoms with Crippen molar-refractivity contribution in [3.63, 3.8) is 0 Å². The number of amides is 1. The lowest BCUT2D eigenvalue weighted by molar-refractivity contribution is -0.115. The zero-order chi connectivity index (χ0) is 19.5. The Morgan fingerprint density at radius 2 is 1.73 bits per heavy atom. The van der Waals surface area contributed by atoms with Crippen LogP contribution in [0.2, 0.25) is 0 Å². The first-order valence-corrected chi connectivity index (χ1v) is 11.1. The number of carbonyl (C=O) groups is 1. The Labute approximate surface area is 159 Å². The highest BCUT2D eigenvalue weighted by atomic mass is 79.9. The molecular formula is C15H15BrN2O6S2. The zero-order valence-corrected chi connectivity index (χ0v) is 16.4. The van der Waals surface area contributed by atoms with E-state index in [0.29, 0.717) is 0 Å². The number of carbonyl (C=O) groups excluding carboxylic acids is 1. The predicted molar refractivity (Wildman–Crippen MR) is 101 cm³/mol. The molecule has 26 heavy (non-hydrogen) atoms. The van der Waals surface area contributed by atoms with Crippen molar-refractivity contribution < 1.29 is 26.2 Å². The molecule has 1 amide bonds. The van der Waals surface area contributed by atoms with Crippen LogP contribution in [0.4, 0.5) is 11.4 Å². The molecule has 0 bridgehead atoms. The summed E-state index contributed by atoms with van der Waals surface area (Å²) in [6.07, 6.45) is 0. The molecule has 0 aliphatic heterocycles. The number of nitrogens with two attached hydrogens (primary N) is 1. The zero-order valence-electron chi connectivity index (χ0n) is 13.2. The van der Waals surface area contributed by atoms with E-state index in [1.807, 2.05) is 0 Å². The van der Waals surface area contributed by atoms with Gasteiger partial charge in [0.05, 0.1) is 16.3 Å². The topological polar surface area (TPSA) is 144 Å². The first-order valence-electron chi connectivity index (χ1n) is 7.10. The normalized spacial score (nSPS) is 13.2. The van der Waals surface area contributed by atoms with Crippen LogP contribution < -0.4 is 11.1 Å². The molecule has 0 fully saturated rings. The van der Waals surface area contributed by atoms with Crippen LogP contribution in [0.5, 0.6) is 0 Å². The highest BCUT2D eigenvalue weighted by Gasteiger charge is 2.25. The van der Waals surface area contributed by atoms with E-state index >= 15 is 0 Å². The molecule has 1 atom stereocenters. The lowest BCUT2D eigenvalue weighted by Gasteiger charge is -2.12. The molecule has 140 valence electrons. The molecule has 0 saturated heterocycles. The summed E-state index contributed by atoms with van der Waals surface area (Å²) in [6, 6.07) is 11.2. The molecule has 0 aromatic heterocycles. The molecule has 2 aromatic rings. The van der Waals surface area contributed by atoms with Crippen LogP contribution >= 0.6 is 15.9 Å². The van der Waals surface area contributed by atoms with Gasteiger partial charge in [0.2, 0.25) is 5.91 Å². The fourth-order valence-corrected chi connectivity index (χ4v) is 5.15. The number of sulfone groups is 1. The van der Waals surface area contributed by atoms with Crippen LogP contribution in [0.15, 0.2) is 58.3 Å². The Morgan fingerprint density at radius 3 is 2.31 bits per heavy atom. The Morgan fingerprint density at radius 1 is 1.12 bits per heavy atom. The molecule has 4 N–H and O–H groups in total. The SMILES string of the molecule is Nc1ccc(NC(=O)C(Br)CS(=O)(=O)c2ccccc2)cc1S(=O)(=O)O. The van der Waals surface area contributed by atoms with Gasteiger partial charge < -0.3 is 11.1 Å². The van der Waals surface area contributed by atoms with Gasteiger partial charge in [-0.3, -0.25) is 9.35 Å². The average molecular weight is 463 g/mol. The van der Waals surface area contributed by atoms with Gasteiger partial charge in [0.15, 0.2) is 9.84 Å². The summed E-state index contributed by atoms with van der Waals surface area (Å²) in [5, 5.41) is 2.37. The van der Waals surface area contributed by atoms with Crippen LogP contribution in [0.3, 0.4) is 0 Å². The highest BCUT2D eigenvalue weighted by molar-refractivity contribution is 9.10. The van der Waals surface area contributed by atoms with Crippen LogP contribution in [0.1, 0.15) is 0 Å². The van der Waals surface area contributed by atoms with Crippen LogP contribution in [-0.2, 0) is 24.7 Å². The molecule has 0 aliphatic rings. The summed E-state index contributed by atoms with van der Waals surface area (Å²) in [7, 11) is -8.26. The first-order chi connectivity index (χ1) is 12.0. The van der Waals surface area contributed by atoms with Gasteiger partial charge in [0.1, 0.15) is 9.72 Å². The summed E-state index contributed by atoms with van der Waals surface area (Å²) >= 11 is 3.02. The van der Waals surface area contributed by atoms with E-state index in [9.17, 15) is 21.6 Å². The maximum atomic E-state index is 12.3. The Hall–Kier alpha value is -1.95. The number of hydrogen-bond donors (Lipinski definition) is 3. The summed E-state index contributed by atoms with van der Waals surface area (Å²) < 4.78 is 56.2. The van der Waals surface area contributed by atoms with Crippen LogP contribution in [0.25, 0.3) is 0 Å². The first kappa shape index (κ1) is 20.4. The molecular weight excluding hydrogens is 448 g/mol. The van der Waals surface area contributed by atoms with Gasteiger partial charge in [-0.1, -0.05) is 34.1 Å². The van der Waals surface area contributed by atoms with Crippen molar-refractivity contribution in [1.82, 2.24) is 0 Å². The number of hydrogen-bond acceptors (Lipinski definition) is 6. The summed E-state index contributed by atoms with van der Waals surface area (Å²) in [5.74, 6) is -1.20. The van der Waals surface area contributed by atoms with E-state index in [0.717, 1.165) is 6.07 Å². The summed E-state index contributed by atoms with van der Waals surface area (Å²) in [6.45, 7) is 0. The predicted octanol–water partition coefficient (Wildman–Crippen LogP) is 1.69. The Balaban J connectivity index is 2.15. The monoisotopic (exact) mass is 462 g/mol. The van der Waals surface area contributed by atoms with Crippen LogP contribution in [0, 0.1) is 0 Å². The van der Waals surface area contributed by atoms with Gasteiger partial charge >= 0.3 is 0 Å². The van der Waals surface area contributed by atoms with Crippen molar-refractivity contribution in [2.24, 2.45) is 0 Å². The maximum Gasteiger partial charge on any atom is 0.296 e. The number of nitrogens with one attached hydrogen (secondary N) is 1. The fraction of sp³-hybridized carbons (Fsp3) is 0.133. The third kappa shape index (κ3) is 5.04. The second-order valence-corrected chi connectivity index (χ2v) is 9.81. The lowest BCUT2D eigenvalue weighted by atomic mass is 10.3. The fourth-order valence-electron chi connectivity index (χ4n) is 2.05. The van der Waals surface area contributed by atoms with Gasteiger partial charge in [-0.25, -0.2) is 8.42 Å². The molecule has 2 rings (SSSR count). The number of alkyl halides is 1. The summed E-state index contributed by atoms with van der Waals surface area (Å²) in [4.78, 5) is 10.6. The molecule has 1 unspecified atom stereocenters. The molecule has 2 aromatic carbocycles. The van der Waals surface area contributed by atoms with E-state index in [-0.39, 0.29) is 16.3 Å². The molecule has 0 aliphatic carbocycles. The van der Waals surface area contributed by atoms with Crippen LogP contribution in [-0.4, -0.2) is 37.9 Å². The number of rotatable bonds is 6. The second-order valence-electron chi connectivity index (χ2n) is 5.28. The molecule has 0 radical (unpaired) electrons. The standard InChI is InChI=1S/C15H15BrN2O6S2/c16-12(9-25(20,21)11-4-2-1-3-5-11)15(19)18-10-6-7-13(17)14(8-10)26(22,23)24/h1-8,12H,9,17H2,(H,18,19)(H,22,23,24). The van der Waals surface area contributed by atoms with Crippen molar-refractivity contribution in [3.8, 4) is 0 Å². The van der Waals surface area contributed by atoms with E-state index in [1.165, 1.54) is 24.3 Å². The maximum absolute atomic E-state index is 12.3. The minimum atomic E-state index is -4.56. The molecule has 0 heterocycles. The molecule has 0 saturated carbocycles.